The van der Waals surface area contributed by atoms with Gasteiger partial charge in [-0.15, -0.1) is 0 Å². The van der Waals surface area contributed by atoms with Crippen molar-refractivity contribution in [2.24, 2.45) is 0 Å². The summed E-state index contributed by atoms with van der Waals surface area (Å²) >= 11 is 6.03. The van der Waals surface area contributed by atoms with Crippen LogP contribution < -0.4 is 9.47 Å². The molecule has 2 aromatic heterocycles. The summed E-state index contributed by atoms with van der Waals surface area (Å²) in [5, 5.41) is 10.1. The average Bonchev–Trinajstić information content (AvgIpc) is 3.31. The molecule has 3 aliphatic rings. The van der Waals surface area contributed by atoms with E-state index in [9.17, 15) is 9.90 Å². The molecule has 2 atom stereocenters. The monoisotopic (exact) mass is 574 g/mol. The molecule has 0 saturated carbocycles. The predicted molar refractivity (Wildman–Crippen MR) is 153 cm³/mol. The number of imidazole rings is 1. The normalized spacial score (nSPS) is 21.1. The van der Waals surface area contributed by atoms with Crippen LogP contribution in [0.15, 0.2) is 54.7 Å². The second-order valence-electron chi connectivity index (χ2n) is 11.0. The van der Waals surface area contributed by atoms with Gasteiger partial charge in [-0.2, -0.15) is 0 Å². The number of fused-ring (bicyclic) bond motifs is 2. The van der Waals surface area contributed by atoms with Crippen LogP contribution in [0, 0.1) is 0 Å². The molecule has 0 amide bonds. The number of aromatic nitrogens is 3. The van der Waals surface area contributed by atoms with Crippen LogP contribution in [0.25, 0.3) is 11.0 Å². The summed E-state index contributed by atoms with van der Waals surface area (Å²) in [6.07, 6.45) is 4.47. The molecule has 0 aliphatic carbocycles. The lowest BCUT2D eigenvalue weighted by Gasteiger charge is -2.35. The number of pyridine rings is 1. The molecule has 2 fully saturated rings. The maximum atomic E-state index is 11.6. The zero-order valence-electron chi connectivity index (χ0n) is 22.5. The number of para-hydroxylation sites is 1. The Labute approximate surface area is 242 Å². The first-order valence-electron chi connectivity index (χ1n) is 14.1. The molecule has 0 unspecified atom stereocenters. The predicted octanol–water partition coefficient (Wildman–Crippen LogP) is 5.46. The van der Waals surface area contributed by atoms with Crippen LogP contribution in [0.1, 0.15) is 58.7 Å². The van der Waals surface area contributed by atoms with Crippen LogP contribution in [0.5, 0.6) is 11.5 Å². The Morgan fingerprint density at radius 2 is 1.95 bits per heavy atom. The van der Waals surface area contributed by atoms with Crippen molar-refractivity contribution < 1.29 is 24.1 Å². The van der Waals surface area contributed by atoms with Crippen molar-refractivity contribution in [2.75, 3.05) is 26.3 Å². The Bertz CT molecular complexity index is 1580. The van der Waals surface area contributed by atoms with Crippen LogP contribution in [-0.2, 0) is 17.8 Å². The van der Waals surface area contributed by atoms with Gasteiger partial charge in [0, 0.05) is 18.4 Å². The fourth-order valence-corrected chi connectivity index (χ4v) is 6.14. The summed E-state index contributed by atoms with van der Waals surface area (Å²) in [4.78, 5) is 23.4. The number of carboxylic acid groups (broad SMARTS) is 1. The molecule has 3 aliphatic heterocycles. The van der Waals surface area contributed by atoms with Gasteiger partial charge in [-0.05, 0) is 74.7 Å². The number of aromatic carboxylic acids is 1. The van der Waals surface area contributed by atoms with Gasteiger partial charge in [0.05, 0.1) is 46.5 Å². The van der Waals surface area contributed by atoms with E-state index in [1.54, 1.807) is 24.4 Å². The first kappa shape index (κ1) is 26.3. The Morgan fingerprint density at radius 3 is 2.68 bits per heavy atom. The molecular formula is C31H31ClN4O5. The van der Waals surface area contributed by atoms with Crippen molar-refractivity contribution in [1.29, 1.82) is 0 Å². The molecule has 9 nitrogen and oxygen atoms in total. The first-order chi connectivity index (χ1) is 20.0. The molecule has 5 heterocycles. The molecule has 10 heteroatoms. The number of nitrogens with zero attached hydrogens (tertiary/aromatic N) is 4. The van der Waals surface area contributed by atoms with Crippen molar-refractivity contribution in [3.05, 3.63) is 82.4 Å². The number of hydrogen-bond donors (Lipinski definition) is 1. The Balaban J connectivity index is 1.07. The number of halogens is 1. The summed E-state index contributed by atoms with van der Waals surface area (Å²) in [5.41, 5.74) is 3.92. The molecule has 0 bridgehead atoms. The van der Waals surface area contributed by atoms with Gasteiger partial charge in [-0.3, -0.25) is 9.88 Å². The highest BCUT2D eigenvalue weighted by Crippen LogP contribution is 2.44. The fraction of sp³-hybridized carbons (Fsp3) is 0.387. The van der Waals surface area contributed by atoms with Gasteiger partial charge in [-0.1, -0.05) is 23.7 Å². The van der Waals surface area contributed by atoms with Crippen molar-refractivity contribution in [1.82, 2.24) is 19.4 Å². The largest absolute Gasteiger partial charge is 0.485 e. The van der Waals surface area contributed by atoms with E-state index in [0.717, 1.165) is 73.0 Å². The van der Waals surface area contributed by atoms with Gasteiger partial charge in [0.1, 0.15) is 12.4 Å². The molecule has 41 heavy (non-hydrogen) atoms. The second kappa shape index (κ2) is 11.0. The van der Waals surface area contributed by atoms with Gasteiger partial charge in [0.15, 0.2) is 17.6 Å². The van der Waals surface area contributed by atoms with Crippen LogP contribution in [-0.4, -0.2) is 62.9 Å². The summed E-state index contributed by atoms with van der Waals surface area (Å²) in [6.45, 7) is 4.40. The van der Waals surface area contributed by atoms with Crippen LogP contribution in [0.2, 0.25) is 5.02 Å². The second-order valence-corrected chi connectivity index (χ2v) is 11.4. The van der Waals surface area contributed by atoms with Crippen molar-refractivity contribution in [3.63, 3.8) is 0 Å². The number of piperidine rings is 1. The standard InChI is InChI=1S/C31H31ClN4O5/c32-21-5-7-25(33-15-21)28-18-40-27-3-1-2-23(30(27)41-28)19-8-11-35(12-9-19)17-29-34-24-6-4-20(31(37)38)14-26(24)36(29)16-22-10-13-39-22/h1-7,14-15,19,22,28H,8-13,16-18H2,(H,37,38)/t22-,28+/m0/s1. The highest BCUT2D eigenvalue weighted by Gasteiger charge is 2.31. The van der Waals surface area contributed by atoms with Crippen molar-refractivity contribution in [3.8, 4) is 11.5 Å². The summed E-state index contributed by atoms with van der Waals surface area (Å²) in [5.74, 6) is 1.96. The number of ether oxygens (including phenoxy) is 3. The summed E-state index contributed by atoms with van der Waals surface area (Å²) in [7, 11) is 0. The van der Waals surface area contributed by atoms with Gasteiger partial charge >= 0.3 is 5.97 Å². The topological polar surface area (TPSA) is 98.9 Å². The lowest BCUT2D eigenvalue weighted by Crippen LogP contribution is -2.35. The quantitative estimate of drug-likeness (QED) is 0.310. The SMILES string of the molecule is O=C(O)c1ccc2nc(CN3CCC(c4cccc5c4O[C@@H](c4ccc(Cl)cn4)CO5)CC3)n(C[C@@H]3CCO3)c2c1. The van der Waals surface area contributed by atoms with E-state index in [2.05, 4.69) is 20.5 Å². The molecular weight excluding hydrogens is 544 g/mol. The zero-order chi connectivity index (χ0) is 27.9. The molecule has 2 aromatic carbocycles. The Hall–Kier alpha value is -3.66. The maximum Gasteiger partial charge on any atom is 0.335 e. The highest BCUT2D eigenvalue weighted by molar-refractivity contribution is 6.30. The minimum atomic E-state index is -0.934. The lowest BCUT2D eigenvalue weighted by atomic mass is 9.88. The van der Waals surface area contributed by atoms with E-state index in [0.29, 0.717) is 30.6 Å². The van der Waals surface area contributed by atoms with Crippen LogP contribution in [0.3, 0.4) is 0 Å². The first-order valence-corrected chi connectivity index (χ1v) is 14.5. The van der Waals surface area contributed by atoms with Gasteiger partial charge in [-0.25, -0.2) is 9.78 Å². The van der Waals surface area contributed by atoms with Crippen molar-refractivity contribution in [2.45, 2.75) is 50.5 Å². The smallest absolute Gasteiger partial charge is 0.335 e. The molecule has 0 spiro atoms. The molecule has 2 saturated heterocycles. The number of hydrogen-bond acceptors (Lipinski definition) is 7. The summed E-state index contributed by atoms with van der Waals surface area (Å²) in [6, 6.07) is 15.0. The minimum Gasteiger partial charge on any atom is -0.485 e. The van der Waals surface area contributed by atoms with Gasteiger partial charge in [0.25, 0.3) is 0 Å². The lowest BCUT2D eigenvalue weighted by molar-refractivity contribution is -0.0592. The Morgan fingerprint density at radius 1 is 1.10 bits per heavy atom. The third kappa shape index (κ3) is 5.25. The van der Waals surface area contributed by atoms with E-state index < -0.39 is 5.97 Å². The third-order valence-corrected chi connectivity index (χ3v) is 8.61. The van der Waals surface area contributed by atoms with E-state index in [-0.39, 0.29) is 17.8 Å². The number of benzene rings is 2. The highest BCUT2D eigenvalue weighted by atomic mass is 35.5. The Kier molecular flexibility index (Phi) is 7.02. The van der Waals surface area contributed by atoms with E-state index in [1.165, 1.54) is 5.56 Å². The fourth-order valence-electron chi connectivity index (χ4n) is 6.02. The van der Waals surface area contributed by atoms with E-state index in [1.807, 2.05) is 24.3 Å². The van der Waals surface area contributed by atoms with E-state index >= 15 is 0 Å². The van der Waals surface area contributed by atoms with Crippen molar-refractivity contribution >= 4 is 28.6 Å². The van der Waals surface area contributed by atoms with Gasteiger partial charge in [0.2, 0.25) is 0 Å². The minimum absolute atomic E-state index is 0.142. The maximum absolute atomic E-state index is 11.6. The third-order valence-electron chi connectivity index (χ3n) is 8.39. The summed E-state index contributed by atoms with van der Waals surface area (Å²) < 4.78 is 20.4. The van der Waals surface area contributed by atoms with Crippen LogP contribution in [0.4, 0.5) is 0 Å². The van der Waals surface area contributed by atoms with Gasteiger partial charge < -0.3 is 23.9 Å². The number of rotatable bonds is 7. The molecule has 7 rings (SSSR count). The number of carbonyl (C=O) groups is 1. The molecule has 1 N–H and O–H groups in total. The number of carboxylic acids is 1. The zero-order valence-corrected chi connectivity index (χ0v) is 23.3. The molecule has 4 aromatic rings. The molecule has 0 radical (unpaired) electrons. The van der Waals surface area contributed by atoms with Crippen LogP contribution >= 0.6 is 11.6 Å². The molecule has 212 valence electrons. The number of likely N-dealkylation sites (tertiary alicyclic amines) is 1. The van der Waals surface area contributed by atoms with E-state index in [4.69, 9.17) is 30.8 Å². The average molecular weight is 575 g/mol.